The fourth-order valence-electron chi connectivity index (χ4n) is 4.09. The van der Waals surface area contributed by atoms with Crippen LogP contribution in [-0.4, -0.2) is 51.2 Å². The number of aryl methyl sites for hydroxylation is 1. The van der Waals surface area contributed by atoms with E-state index in [0.29, 0.717) is 22.7 Å². The third-order valence-electron chi connectivity index (χ3n) is 5.96. The Balaban J connectivity index is 1.60. The Bertz CT molecular complexity index is 1540. The summed E-state index contributed by atoms with van der Waals surface area (Å²) >= 11 is 0. The van der Waals surface area contributed by atoms with Gasteiger partial charge >= 0.3 is 18.3 Å². The number of carboxylic acids is 1. The van der Waals surface area contributed by atoms with Gasteiger partial charge in [-0.15, -0.1) is 13.2 Å². The molecule has 43 heavy (non-hydrogen) atoms. The number of alkyl halides is 3. The zero-order valence-corrected chi connectivity index (χ0v) is 23.8. The average molecular weight is 602 g/mol. The number of halogens is 3. The number of ether oxygens (including phenoxy) is 4. The number of rotatable bonds is 13. The third-order valence-corrected chi connectivity index (χ3v) is 5.96. The lowest BCUT2D eigenvalue weighted by atomic mass is 10.0. The highest BCUT2D eigenvalue weighted by molar-refractivity contribution is 5.75. The number of aliphatic carboxylic acids is 1. The normalized spacial score (nSPS) is 12.3. The molecule has 0 saturated heterocycles. The van der Waals surface area contributed by atoms with Crippen LogP contribution in [0, 0.1) is 6.92 Å². The van der Waals surface area contributed by atoms with Crippen molar-refractivity contribution >= 4 is 5.97 Å². The van der Waals surface area contributed by atoms with Crippen LogP contribution < -0.4 is 14.2 Å². The van der Waals surface area contributed by atoms with Gasteiger partial charge in [-0.2, -0.15) is 4.98 Å². The Kier molecular flexibility index (Phi) is 9.86. The standard InChI is InChI=1S/C30H30F3N3O7/c1-5-39-24(28(37)38)15-20-8-11-22(14-18(20)4)40-16-25-36-26(23-12-13-34-29(35-23)41-17(2)3)27(42-25)19-6-9-21(10-7-19)43-30(31,32)33/h6-14,17,24H,5,15-16H2,1-4H3,(H,37,38). The summed E-state index contributed by atoms with van der Waals surface area (Å²) in [4.78, 5) is 24.6. The van der Waals surface area contributed by atoms with Crippen molar-refractivity contribution < 1.29 is 46.4 Å². The molecular formula is C30H30F3N3O7. The van der Waals surface area contributed by atoms with Gasteiger partial charge in [0.25, 0.3) is 0 Å². The molecule has 0 fully saturated rings. The molecule has 1 unspecified atom stereocenters. The van der Waals surface area contributed by atoms with Crippen LogP contribution in [0.2, 0.25) is 0 Å². The Morgan fingerprint density at radius 3 is 2.40 bits per heavy atom. The molecule has 0 spiro atoms. The maximum atomic E-state index is 12.7. The lowest BCUT2D eigenvalue weighted by molar-refractivity contribution is -0.274. The van der Waals surface area contributed by atoms with Gasteiger partial charge in [0.05, 0.1) is 11.8 Å². The average Bonchev–Trinajstić information content (AvgIpc) is 3.36. The molecule has 2 aromatic carbocycles. The Morgan fingerprint density at radius 2 is 1.77 bits per heavy atom. The van der Waals surface area contributed by atoms with Crippen LogP contribution in [0.5, 0.6) is 17.5 Å². The SMILES string of the molecule is CCOC(Cc1ccc(OCc2nc(-c3ccnc(OC(C)C)n3)c(-c3ccc(OC(F)(F)F)cc3)o2)cc1C)C(=O)O. The highest BCUT2D eigenvalue weighted by Crippen LogP contribution is 2.34. The van der Waals surface area contributed by atoms with E-state index in [1.807, 2.05) is 20.8 Å². The van der Waals surface area contributed by atoms with E-state index in [4.69, 9.17) is 18.6 Å². The second-order valence-electron chi connectivity index (χ2n) is 9.61. The van der Waals surface area contributed by atoms with Crippen molar-refractivity contribution in [2.45, 2.75) is 59.3 Å². The van der Waals surface area contributed by atoms with Gasteiger partial charge in [0.2, 0.25) is 5.89 Å². The molecule has 1 N–H and O–H groups in total. The van der Waals surface area contributed by atoms with Gasteiger partial charge in [-0.25, -0.2) is 14.8 Å². The minimum Gasteiger partial charge on any atom is -0.484 e. The monoisotopic (exact) mass is 601 g/mol. The second kappa shape index (κ2) is 13.6. The van der Waals surface area contributed by atoms with E-state index in [9.17, 15) is 23.1 Å². The zero-order chi connectivity index (χ0) is 31.1. The molecule has 0 saturated carbocycles. The molecule has 228 valence electrons. The molecule has 0 aliphatic carbocycles. The fraction of sp³-hybridized carbons (Fsp3) is 0.333. The van der Waals surface area contributed by atoms with Crippen LogP contribution in [0.1, 0.15) is 37.8 Å². The smallest absolute Gasteiger partial charge is 0.484 e. The van der Waals surface area contributed by atoms with Gasteiger partial charge in [-0.05, 0) is 81.3 Å². The van der Waals surface area contributed by atoms with Gasteiger partial charge < -0.3 is 28.5 Å². The van der Waals surface area contributed by atoms with E-state index < -0.39 is 18.4 Å². The number of carbonyl (C=O) groups is 1. The summed E-state index contributed by atoms with van der Waals surface area (Å²) in [5.74, 6) is -0.506. The zero-order valence-electron chi connectivity index (χ0n) is 23.8. The molecule has 2 heterocycles. The molecule has 0 amide bonds. The van der Waals surface area contributed by atoms with Gasteiger partial charge in [0, 0.05) is 24.8 Å². The fourth-order valence-corrected chi connectivity index (χ4v) is 4.09. The van der Waals surface area contributed by atoms with Crippen LogP contribution in [0.15, 0.2) is 59.1 Å². The summed E-state index contributed by atoms with van der Waals surface area (Å²) in [6.45, 7) is 7.43. The summed E-state index contributed by atoms with van der Waals surface area (Å²) in [6, 6.07) is 12.1. The van der Waals surface area contributed by atoms with E-state index >= 15 is 0 Å². The van der Waals surface area contributed by atoms with Crippen molar-refractivity contribution in [3.63, 3.8) is 0 Å². The molecular weight excluding hydrogens is 571 g/mol. The second-order valence-corrected chi connectivity index (χ2v) is 9.61. The van der Waals surface area contributed by atoms with E-state index in [1.165, 1.54) is 30.5 Å². The number of oxazole rings is 1. The Morgan fingerprint density at radius 1 is 1.05 bits per heavy atom. The van der Waals surface area contributed by atoms with Crippen molar-refractivity contribution in [1.29, 1.82) is 0 Å². The molecule has 4 aromatic rings. The summed E-state index contributed by atoms with van der Waals surface area (Å²) in [6.07, 6.45) is -4.26. The first kappa shape index (κ1) is 31.3. The summed E-state index contributed by atoms with van der Waals surface area (Å²) in [5.41, 5.74) is 2.72. The van der Waals surface area contributed by atoms with Crippen molar-refractivity contribution in [2.24, 2.45) is 0 Å². The van der Waals surface area contributed by atoms with Gasteiger partial charge in [-0.1, -0.05) is 6.07 Å². The number of hydrogen-bond acceptors (Lipinski definition) is 9. The number of carboxylic acid groups (broad SMARTS) is 1. The highest BCUT2D eigenvalue weighted by Gasteiger charge is 2.31. The number of aromatic nitrogens is 3. The first-order valence-corrected chi connectivity index (χ1v) is 13.3. The quantitative estimate of drug-likeness (QED) is 0.184. The summed E-state index contributed by atoms with van der Waals surface area (Å²) < 4.78 is 64.8. The molecule has 0 aliphatic heterocycles. The first-order valence-electron chi connectivity index (χ1n) is 13.3. The van der Waals surface area contributed by atoms with E-state index in [0.717, 1.165) is 11.1 Å². The minimum absolute atomic E-state index is 0.0851. The van der Waals surface area contributed by atoms with Gasteiger partial charge in [0.15, 0.2) is 18.5 Å². The predicted octanol–water partition coefficient (Wildman–Crippen LogP) is 6.40. The van der Waals surface area contributed by atoms with Crippen LogP contribution in [0.3, 0.4) is 0 Å². The molecule has 0 bridgehead atoms. The summed E-state index contributed by atoms with van der Waals surface area (Å²) in [5, 5.41) is 9.39. The number of hydrogen-bond donors (Lipinski definition) is 1. The van der Waals surface area contributed by atoms with Crippen molar-refractivity contribution in [2.75, 3.05) is 6.61 Å². The lowest BCUT2D eigenvalue weighted by Gasteiger charge is -2.15. The van der Waals surface area contributed by atoms with Crippen molar-refractivity contribution in [3.8, 4) is 40.2 Å². The van der Waals surface area contributed by atoms with Gasteiger partial charge in [0.1, 0.15) is 17.2 Å². The highest BCUT2D eigenvalue weighted by atomic mass is 19.4. The van der Waals surface area contributed by atoms with Gasteiger partial charge in [-0.3, -0.25) is 0 Å². The van der Waals surface area contributed by atoms with E-state index in [-0.39, 0.29) is 49.1 Å². The van der Waals surface area contributed by atoms with Crippen molar-refractivity contribution in [3.05, 3.63) is 71.7 Å². The molecule has 10 nitrogen and oxygen atoms in total. The molecule has 13 heteroatoms. The third kappa shape index (κ3) is 8.67. The van der Waals surface area contributed by atoms with E-state index in [1.54, 1.807) is 31.2 Å². The largest absolute Gasteiger partial charge is 0.573 e. The molecule has 1 atom stereocenters. The molecule has 2 aromatic heterocycles. The molecule has 4 rings (SSSR count). The first-order chi connectivity index (χ1) is 20.4. The predicted molar refractivity (Wildman–Crippen MR) is 148 cm³/mol. The Hall–Kier alpha value is -4.65. The van der Waals surface area contributed by atoms with Crippen molar-refractivity contribution in [1.82, 2.24) is 15.0 Å². The summed E-state index contributed by atoms with van der Waals surface area (Å²) in [7, 11) is 0. The number of benzene rings is 2. The molecule has 0 aliphatic rings. The minimum atomic E-state index is -4.82. The van der Waals surface area contributed by atoms with Crippen LogP contribution >= 0.6 is 0 Å². The number of nitrogens with zero attached hydrogens (tertiary/aromatic N) is 3. The van der Waals surface area contributed by atoms with Crippen LogP contribution in [0.25, 0.3) is 22.7 Å². The van der Waals surface area contributed by atoms with Crippen LogP contribution in [0.4, 0.5) is 13.2 Å². The Labute approximate surface area is 245 Å². The molecule has 0 radical (unpaired) electrons. The topological polar surface area (TPSA) is 126 Å². The maximum absolute atomic E-state index is 12.7. The van der Waals surface area contributed by atoms with E-state index in [2.05, 4.69) is 19.7 Å². The maximum Gasteiger partial charge on any atom is 0.573 e. The van der Waals surface area contributed by atoms with Crippen LogP contribution in [-0.2, 0) is 22.6 Å². The lowest BCUT2D eigenvalue weighted by Crippen LogP contribution is -2.26.